The van der Waals surface area contributed by atoms with Crippen LogP contribution in [0.1, 0.15) is 17.3 Å². The molecule has 3 aromatic carbocycles. The monoisotopic (exact) mass is 483 g/mol. The first-order chi connectivity index (χ1) is 17.6. The molecule has 1 aliphatic rings. The number of amides is 2. The number of nitrogens with zero attached hydrogens (tertiary/aromatic N) is 2. The Labute approximate surface area is 208 Å². The van der Waals surface area contributed by atoms with Crippen LogP contribution in [0.4, 0.5) is 5.69 Å². The smallest absolute Gasteiger partial charge is 0.255 e. The quantitative estimate of drug-likeness (QED) is 0.403. The number of oxazole rings is 1. The lowest BCUT2D eigenvalue weighted by Crippen LogP contribution is -2.38. The topological polar surface area (TPSA) is 93.9 Å². The van der Waals surface area contributed by atoms with Gasteiger partial charge in [-0.25, -0.2) is 4.98 Å². The lowest BCUT2D eigenvalue weighted by molar-refractivity contribution is -0.116. The highest BCUT2D eigenvalue weighted by molar-refractivity contribution is 6.03. The zero-order valence-electron chi connectivity index (χ0n) is 19.8. The van der Waals surface area contributed by atoms with Crippen molar-refractivity contribution in [1.29, 1.82) is 0 Å². The minimum Gasteiger partial charge on any atom is -0.486 e. The van der Waals surface area contributed by atoms with Crippen molar-refractivity contribution in [3.8, 4) is 34.3 Å². The second-order valence-corrected chi connectivity index (χ2v) is 8.17. The van der Waals surface area contributed by atoms with Gasteiger partial charge in [-0.05, 0) is 31.2 Å². The second kappa shape index (κ2) is 10.4. The summed E-state index contributed by atoms with van der Waals surface area (Å²) in [4.78, 5) is 32.1. The molecule has 4 aromatic rings. The van der Waals surface area contributed by atoms with E-state index in [1.807, 2.05) is 43.3 Å². The van der Waals surface area contributed by atoms with E-state index in [1.54, 1.807) is 42.6 Å². The molecule has 1 N–H and O–H groups in total. The largest absolute Gasteiger partial charge is 0.486 e. The van der Waals surface area contributed by atoms with Crippen LogP contribution < -0.4 is 14.8 Å². The molecule has 5 rings (SSSR count). The fourth-order valence-corrected chi connectivity index (χ4v) is 3.98. The van der Waals surface area contributed by atoms with Crippen LogP contribution >= 0.6 is 0 Å². The third kappa shape index (κ3) is 4.93. The van der Waals surface area contributed by atoms with Crippen molar-refractivity contribution in [2.45, 2.75) is 6.92 Å². The van der Waals surface area contributed by atoms with Crippen molar-refractivity contribution in [2.24, 2.45) is 0 Å². The van der Waals surface area contributed by atoms with E-state index in [0.29, 0.717) is 59.7 Å². The van der Waals surface area contributed by atoms with E-state index in [1.165, 1.54) is 4.90 Å². The Morgan fingerprint density at radius 2 is 1.69 bits per heavy atom. The van der Waals surface area contributed by atoms with E-state index < -0.39 is 0 Å². The predicted molar refractivity (Wildman–Crippen MR) is 135 cm³/mol. The minimum atomic E-state index is -0.318. The van der Waals surface area contributed by atoms with Crippen LogP contribution in [0.2, 0.25) is 0 Å². The molecule has 1 aliphatic heterocycles. The zero-order chi connectivity index (χ0) is 24.9. The van der Waals surface area contributed by atoms with E-state index in [0.717, 1.165) is 5.56 Å². The van der Waals surface area contributed by atoms with Crippen LogP contribution in [0.5, 0.6) is 11.5 Å². The number of likely N-dealkylation sites (N-methyl/N-ethyl adjacent to an activating group) is 1. The van der Waals surface area contributed by atoms with Gasteiger partial charge in [0.2, 0.25) is 11.8 Å². The molecule has 0 saturated heterocycles. The second-order valence-electron chi connectivity index (χ2n) is 8.17. The SMILES string of the molecule is CCN(CC(=O)Nc1ccc2c(c1)OCCO2)C(=O)c1ccccc1-c1ncc(-c2ccccc2)o1. The van der Waals surface area contributed by atoms with Crippen LogP contribution in [0.3, 0.4) is 0 Å². The molecule has 0 spiro atoms. The van der Waals surface area contributed by atoms with Gasteiger partial charge < -0.3 is 24.1 Å². The van der Waals surface area contributed by atoms with Gasteiger partial charge in [0, 0.05) is 29.4 Å². The Kier molecular flexibility index (Phi) is 6.66. The number of nitrogens with one attached hydrogen (secondary N) is 1. The third-order valence-electron chi connectivity index (χ3n) is 5.78. The summed E-state index contributed by atoms with van der Waals surface area (Å²) in [5.41, 5.74) is 2.44. The lowest BCUT2D eigenvalue weighted by atomic mass is 10.1. The molecule has 8 heteroatoms. The molecule has 2 heterocycles. The Hall–Kier alpha value is -4.59. The molecule has 0 unspecified atom stereocenters. The van der Waals surface area contributed by atoms with Gasteiger partial charge in [-0.15, -0.1) is 0 Å². The standard InChI is InChI=1S/C28H25N3O5/c1-2-31(18-26(32)30-20-12-13-23-24(16-20)35-15-14-34-23)28(33)22-11-7-6-10-21(22)27-29-17-25(36-27)19-8-4-3-5-9-19/h3-13,16-17H,2,14-15,18H2,1H3,(H,30,32). The summed E-state index contributed by atoms with van der Waals surface area (Å²) in [5, 5.41) is 2.83. The van der Waals surface area contributed by atoms with E-state index in [9.17, 15) is 9.59 Å². The van der Waals surface area contributed by atoms with Crippen LogP contribution in [0, 0.1) is 0 Å². The highest BCUT2D eigenvalue weighted by Gasteiger charge is 2.23. The number of hydrogen-bond donors (Lipinski definition) is 1. The fraction of sp³-hybridized carbons (Fsp3) is 0.179. The first-order valence-corrected chi connectivity index (χ1v) is 11.7. The van der Waals surface area contributed by atoms with E-state index in [4.69, 9.17) is 13.9 Å². The van der Waals surface area contributed by atoms with Gasteiger partial charge in [0.25, 0.3) is 5.91 Å². The first-order valence-electron chi connectivity index (χ1n) is 11.7. The molecule has 0 radical (unpaired) electrons. The van der Waals surface area contributed by atoms with Crippen LogP contribution in [0.15, 0.2) is 83.4 Å². The summed E-state index contributed by atoms with van der Waals surface area (Å²) in [6.07, 6.45) is 1.64. The van der Waals surface area contributed by atoms with Crippen LogP contribution in [-0.4, -0.2) is 48.0 Å². The molecule has 0 atom stereocenters. The summed E-state index contributed by atoms with van der Waals surface area (Å²) in [6.45, 7) is 3.02. The van der Waals surface area contributed by atoms with Gasteiger partial charge in [-0.2, -0.15) is 0 Å². The molecule has 8 nitrogen and oxygen atoms in total. The van der Waals surface area contributed by atoms with E-state index >= 15 is 0 Å². The molecule has 2 amide bonds. The molecule has 1 aromatic heterocycles. The van der Waals surface area contributed by atoms with Gasteiger partial charge in [0.1, 0.15) is 19.8 Å². The van der Waals surface area contributed by atoms with Gasteiger partial charge in [-0.3, -0.25) is 9.59 Å². The van der Waals surface area contributed by atoms with Crippen molar-refractivity contribution in [3.63, 3.8) is 0 Å². The van der Waals surface area contributed by atoms with Crippen molar-refractivity contribution in [3.05, 3.63) is 84.6 Å². The van der Waals surface area contributed by atoms with Crippen molar-refractivity contribution in [1.82, 2.24) is 9.88 Å². The Balaban J connectivity index is 1.32. The molecule has 182 valence electrons. The maximum atomic E-state index is 13.5. The molecular formula is C28H25N3O5. The Morgan fingerprint density at radius 3 is 2.50 bits per heavy atom. The summed E-state index contributed by atoms with van der Waals surface area (Å²) >= 11 is 0. The zero-order valence-corrected chi connectivity index (χ0v) is 19.8. The minimum absolute atomic E-state index is 0.112. The number of aromatic nitrogens is 1. The fourth-order valence-electron chi connectivity index (χ4n) is 3.98. The summed E-state index contributed by atoms with van der Waals surface area (Å²) in [6, 6.07) is 21.9. The Bertz CT molecular complexity index is 1380. The van der Waals surface area contributed by atoms with Crippen molar-refractivity contribution < 1.29 is 23.5 Å². The maximum Gasteiger partial charge on any atom is 0.255 e. The van der Waals surface area contributed by atoms with Crippen molar-refractivity contribution in [2.75, 3.05) is 31.6 Å². The summed E-state index contributed by atoms with van der Waals surface area (Å²) < 4.78 is 17.1. The number of anilines is 1. The van der Waals surface area contributed by atoms with Gasteiger partial charge in [0.05, 0.1) is 11.8 Å². The van der Waals surface area contributed by atoms with Crippen molar-refractivity contribution >= 4 is 17.5 Å². The number of rotatable bonds is 7. The highest BCUT2D eigenvalue weighted by atomic mass is 16.6. The van der Waals surface area contributed by atoms with E-state index in [-0.39, 0.29) is 18.4 Å². The number of hydrogen-bond acceptors (Lipinski definition) is 6. The molecule has 0 aliphatic carbocycles. The number of benzene rings is 3. The van der Waals surface area contributed by atoms with Gasteiger partial charge >= 0.3 is 0 Å². The summed E-state index contributed by atoms with van der Waals surface area (Å²) in [5.74, 6) is 1.57. The average Bonchev–Trinajstić information content (AvgIpc) is 3.42. The van der Waals surface area contributed by atoms with Crippen LogP contribution in [0.25, 0.3) is 22.8 Å². The average molecular weight is 484 g/mol. The molecule has 36 heavy (non-hydrogen) atoms. The van der Waals surface area contributed by atoms with Gasteiger partial charge in [0.15, 0.2) is 17.3 Å². The molecule has 0 fully saturated rings. The summed E-state index contributed by atoms with van der Waals surface area (Å²) in [7, 11) is 0. The number of carbonyl (C=O) groups excluding carboxylic acids is 2. The normalized spacial score (nSPS) is 12.1. The maximum absolute atomic E-state index is 13.5. The molecular weight excluding hydrogens is 458 g/mol. The number of ether oxygens (including phenoxy) is 2. The third-order valence-corrected chi connectivity index (χ3v) is 5.78. The Morgan fingerprint density at radius 1 is 0.944 bits per heavy atom. The van der Waals surface area contributed by atoms with E-state index in [2.05, 4.69) is 10.3 Å². The molecule has 0 bridgehead atoms. The van der Waals surface area contributed by atoms with Gasteiger partial charge in [-0.1, -0.05) is 42.5 Å². The lowest BCUT2D eigenvalue weighted by Gasteiger charge is -2.22. The first kappa shape index (κ1) is 23.2. The number of fused-ring (bicyclic) bond motifs is 1. The number of carbonyl (C=O) groups is 2. The predicted octanol–water partition coefficient (Wildman–Crippen LogP) is 4.88. The van der Waals surface area contributed by atoms with Crippen LogP contribution in [-0.2, 0) is 4.79 Å². The molecule has 0 saturated carbocycles. The highest BCUT2D eigenvalue weighted by Crippen LogP contribution is 2.33.